The molecular formula is C24H8F6O6. The van der Waals surface area contributed by atoms with Gasteiger partial charge in [0.2, 0.25) is 0 Å². The first-order valence-corrected chi connectivity index (χ1v) is 9.91. The second-order valence-corrected chi connectivity index (χ2v) is 7.80. The fourth-order valence-corrected chi connectivity index (χ4v) is 4.62. The van der Waals surface area contributed by atoms with E-state index in [1.807, 2.05) is 0 Å². The summed E-state index contributed by atoms with van der Waals surface area (Å²) in [5, 5.41) is 0. The van der Waals surface area contributed by atoms with Crippen molar-refractivity contribution in [2.45, 2.75) is 11.6 Å². The number of ether oxygens (including phenoxy) is 2. The normalized spacial score (nSPS) is 15.1. The Bertz CT molecular complexity index is 1460. The number of fused-ring (bicyclic) bond motifs is 2. The monoisotopic (exact) mass is 506 g/mol. The third kappa shape index (κ3) is 2.93. The summed E-state index contributed by atoms with van der Waals surface area (Å²) < 4.78 is 98.0. The lowest BCUT2D eigenvalue weighted by atomic mass is 9.65. The van der Waals surface area contributed by atoms with Gasteiger partial charge in [0.05, 0.1) is 11.1 Å². The SMILES string of the molecule is O=C1OC(=O)c2c(C(c3cccc(F)c3)(c3ccc(F)c4c3C(=O)OC4=O)C(F)(F)F)ccc(F)c21. The van der Waals surface area contributed by atoms with Crippen molar-refractivity contribution in [2.24, 2.45) is 0 Å². The van der Waals surface area contributed by atoms with Crippen LogP contribution in [0.4, 0.5) is 26.3 Å². The van der Waals surface area contributed by atoms with Gasteiger partial charge in [-0.15, -0.1) is 0 Å². The number of halogens is 6. The molecule has 36 heavy (non-hydrogen) atoms. The molecule has 2 heterocycles. The quantitative estimate of drug-likeness (QED) is 0.223. The fraction of sp³-hybridized carbons (Fsp3) is 0.0833. The van der Waals surface area contributed by atoms with E-state index in [1.54, 1.807) is 0 Å². The minimum Gasteiger partial charge on any atom is -0.386 e. The fourth-order valence-electron chi connectivity index (χ4n) is 4.62. The van der Waals surface area contributed by atoms with Crippen molar-refractivity contribution in [3.8, 4) is 0 Å². The Kier molecular flexibility index (Phi) is 4.85. The molecule has 5 rings (SSSR count). The first kappa shape index (κ1) is 23.3. The van der Waals surface area contributed by atoms with E-state index in [0.717, 1.165) is 18.2 Å². The van der Waals surface area contributed by atoms with Gasteiger partial charge in [-0.3, -0.25) is 0 Å². The summed E-state index contributed by atoms with van der Waals surface area (Å²) in [4.78, 5) is 49.2. The molecular weight excluding hydrogens is 498 g/mol. The van der Waals surface area contributed by atoms with E-state index < -0.39 is 91.9 Å². The molecule has 182 valence electrons. The Morgan fingerprint density at radius 1 is 0.583 bits per heavy atom. The minimum atomic E-state index is -5.57. The zero-order chi connectivity index (χ0) is 26.2. The Hall–Kier alpha value is -4.48. The standard InChI is InChI=1S/C24H8F6O6/c25-10-3-1-2-9(8-10)23(24(28,29)30,11-4-6-13(26)17-15(11)19(31)35-21(17)33)12-5-7-14(27)18-16(12)20(32)36-22(18)34/h1-8H. The average molecular weight is 506 g/mol. The summed E-state index contributed by atoms with van der Waals surface area (Å²) in [6, 6.07) is 4.89. The highest BCUT2D eigenvalue weighted by Gasteiger charge is 2.63. The highest BCUT2D eigenvalue weighted by Crippen LogP contribution is 2.55. The Morgan fingerprint density at radius 2 is 1.03 bits per heavy atom. The summed E-state index contributed by atoms with van der Waals surface area (Å²) >= 11 is 0. The van der Waals surface area contributed by atoms with Crippen LogP contribution in [0, 0.1) is 17.5 Å². The van der Waals surface area contributed by atoms with Gasteiger partial charge in [0, 0.05) is 0 Å². The van der Waals surface area contributed by atoms with Crippen molar-refractivity contribution in [3.63, 3.8) is 0 Å². The predicted molar refractivity (Wildman–Crippen MR) is 105 cm³/mol. The lowest BCUT2D eigenvalue weighted by Gasteiger charge is -2.39. The molecule has 0 aromatic heterocycles. The third-order valence-corrected chi connectivity index (χ3v) is 5.99. The molecule has 0 bridgehead atoms. The summed E-state index contributed by atoms with van der Waals surface area (Å²) in [5.74, 6) is -10.3. The van der Waals surface area contributed by atoms with Gasteiger partial charge in [0.25, 0.3) is 0 Å². The van der Waals surface area contributed by atoms with Gasteiger partial charge >= 0.3 is 30.1 Å². The molecule has 0 fully saturated rings. The highest BCUT2D eigenvalue weighted by atomic mass is 19.4. The number of benzene rings is 3. The number of esters is 4. The Labute approximate surface area is 196 Å². The van der Waals surface area contributed by atoms with E-state index in [-0.39, 0.29) is 0 Å². The van der Waals surface area contributed by atoms with E-state index in [0.29, 0.717) is 30.3 Å². The third-order valence-electron chi connectivity index (χ3n) is 5.99. The molecule has 3 aromatic carbocycles. The van der Waals surface area contributed by atoms with Crippen LogP contribution < -0.4 is 0 Å². The van der Waals surface area contributed by atoms with E-state index in [9.17, 15) is 32.3 Å². The molecule has 0 aliphatic carbocycles. The number of carbonyl (C=O) groups is 4. The molecule has 2 aliphatic rings. The lowest BCUT2D eigenvalue weighted by Crippen LogP contribution is -2.46. The summed E-state index contributed by atoms with van der Waals surface area (Å²) in [6.45, 7) is 0. The smallest absolute Gasteiger partial charge is 0.386 e. The van der Waals surface area contributed by atoms with Crippen molar-refractivity contribution in [2.75, 3.05) is 0 Å². The molecule has 0 radical (unpaired) electrons. The van der Waals surface area contributed by atoms with Gasteiger partial charge in [-0.05, 0) is 41.0 Å². The molecule has 0 saturated heterocycles. The maximum absolute atomic E-state index is 15.4. The van der Waals surface area contributed by atoms with Crippen molar-refractivity contribution in [3.05, 3.63) is 105 Å². The number of rotatable bonds is 3. The zero-order valence-electron chi connectivity index (χ0n) is 17.3. The van der Waals surface area contributed by atoms with Crippen LogP contribution in [0.2, 0.25) is 0 Å². The van der Waals surface area contributed by atoms with Gasteiger partial charge in [-0.1, -0.05) is 24.3 Å². The molecule has 0 unspecified atom stereocenters. The largest absolute Gasteiger partial charge is 0.406 e. The summed E-state index contributed by atoms with van der Waals surface area (Å²) in [7, 11) is 0. The molecule has 3 aromatic rings. The number of alkyl halides is 3. The van der Waals surface area contributed by atoms with Crippen LogP contribution in [0.5, 0.6) is 0 Å². The van der Waals surface area contributed by atoms with E-state index in [1.165, 1.54) is 0 Å². The van der Waals surface area contributed by atoms with E-state index >= 15 is 13.2 Å². The van der Waals surface area contributed by atoms with Gasteiger partial charge in [-0.2, -0.15) is 13.2 Å². The Balaban J connectivity index is 2.05. The number of carbonyl (C=O) groups excluding carboxylic acids is 4. The molecule has 6 nitrogen and oxygen atoms in total. The molecule has 0 saturated carbocycles. The second kappa shape index (κ2) is 7.51. The predicted octanol–water partition coefficient (Wildman–Crippen LogP) is 4.62. The van der Waals surface area contributed by atoms with Crippen LogP contribution in [0.3, 0.4) is 0 Å². The summed E-state index contributed by atoms with van der Waals surface area (Å²) in [5.41, 5.74) is -11.4. The van der Waals surface area contributed by atoms with Crippen LogP contribution in [0.1, 0.15) is 58.1 Å². The average Bonchev–Trinajstić information content (AvgIpc) is 3.26. The maximum atomic E-state index is 15.4. The van der Waals surface area contributed by atoms with Crippen molar-refractivity contribution < 1.29 is 55.0 Å². The molecule has 12 heteroatoms. The lowest BCUT2D eigenvalue weighted by molar-refractivity contribution is -0.166. The number of cyclic esters (lactones) is 4. The zero-order valence-corrected chi connectivity index (χ0v) is 17.3. The molecule has 0 amide bonds. The second-order valence-electron chi connectivity index (χ2n) is 7.80. The van der Waals surface area contributed by atoms with E-state index in [4.69, 9.17) is 0 Å². The summed E-state index contributed by atoms with van der Waals surface area (Å²) in [6.07, 6.45) is -5.57. The minimum absolute atomic E-state index is 0.434. The van der Waals surface area contributed by atoms with Crippen LogP contribution in [-0.2, 0) is 14.9 Å². The van der Waals surface area contributed by atoms with Crippen molar-refractivity contribution in [1.82, 2.24) is 0 Å². The molecule has 0 spiro atoms. The van der Waals surface area contributed by atoms with Crippen molar-refractivity contribution in [1.29, 1.82) is 0 Å². The topological polar surface area (TPSA) is 86.7 Å². The Morgan fingerprint density at radius 3 is 1.44 bits per heavy atom. The molecule has 0 N–H and O–H groups in total. The van der Waals surface area contributed by atoms with Crippen LogP contribution >= 0.6 is 0 Å². The van der Waals surface area contributed by atoms with Gasteiger partial charge in [-0.25, -0.2) is 32.3 Å². The first-order chi connectivity index (χ1) is 16.9. The van der Waals surface area contributed by atoms with Gasteiger partial charge in [0.1, 0.15) is 34.0 Å². The van der Waals surface area contributed by atoms with Crippen LogP contribution in [0.15, 0.2) is 48.5 Å². The van der Waals surface area contributed by atoms with Gasteiger partial charge < -0.3 is 9.47 Å². The van der Waals surface area contributed by atoms with E-state index in [2.05, 4.69) is 9.47 Å². The number of hydrogen-bond donors (Lipinski definition) is 0. The number of hydrogen-bond acceptors (Lipinski definition) is 6. The molecule has 0 atom stereocenters. The van der Waals surface area contributed by atoms with Crippen molar-refractivity contribution >= 4 is 23.9 Å². The van der Waals surface area contributed by atoms with Crippen LogP contribution in [-0.4, -0.2) is 30.1 Å². The molecule has 2 aliphatic heterocycles. The van der Waals surface area contributed by atoms with Crippen LogP contribution in [0.25, 0.3) is 0 Å². The first-order valence-electron chi connectivity index (χ1n) is 9.91. The van der Waals surface area contributed by atoms with Gasteiger partial charge in [0.15, 0.2) is 0 Å². The highest BCUT2D eigenvalue weighted by molar-refractivity contribution is 6.17. The maximum Gasteiger partial charge on any atom is 0.406 e.